The zero-order valence-electron chi connectivity index (χ0n) is 12.8. The van der Waals surface area contributed by atoms with Crippen LogP contribution in [0.1, 0.15) is 15.9 Å². The largest absolute Gasteiger partial charge is 0.497 e. The van der Waals surface area contributed by atoms with Crippen LogP contribution in [-0.4, -0.2) is 33.7 Å². The molecule has 0 fully saturated rings. The number of carboxylic acid groups (broad SMARTS) is 1. The molecule has 2 rings (SSSR count). The summed E-state index contributed by atoms with van der Waals surface area (Å²) in [5.74, 6) is -0.920. The molecule has 0 atom stereocenters. The van der Waals surface area contributed by atoms with Crippen molar-refractivity contribution in [1.29, 1.82) is 0 Å². The van der Waals surface area contributed by atoms with Gasteiger partial charge in [0.1, 0.15) is 5.75 Å². The van der Waals surface area contributed by atoms with Crippen molar-refractivity contribution in [3.05, 3.63) is 59.7 Å². The fourth-order valence-electron chi connectivity index (χ4n) is 2.10. The minimum atomic E-state index is -3.71. The SMILES string of the molecule is COc1ccc(N(C)S(=O)(=O)Cc2ccccc2C(=O)O)cc1. The number of aromatic carboxylic acids is 1. The first kappa shape index (κ1) is 16.8. The summed E-state index contributed by atoms with van der Waals surface area (Å²) in [7, 11) is -0.756. The number of methoxy groups -OCH3 is 1. The molecule has 0 amide bonds. The summed E-state index contributed by atoms with van der Waals surface area (Å²) in [5, 5.41) is 9.15. The molecular weight excluding hydrogens is 318 g/mol. The summed E-state index contributed by atoms with van der Waals surface area (Å²) in [6, 6.07) is 12.6. The lowest BCUT2D eigenvalue weighted by Gasteiger charge is -2.20. The van der Waals surface area contributed by atoms with Crippen LogP contribution in [0, 0.1) is 0 Å². The average Bonchev–Trinajstić information content (AvgIpc) is 2.54. The molecule has 2 aromatic carbocycles. The maximum absolute atomic E-state index is 12.5. The number of carboxylic acids is 1. The van der Waals surface area contributed by atoms with Crippen LogP contribution in [0.4, 0.5) is 5.69 Å². The Morgan fingerprint density at radius 2 is 1.74 bits per heavy atom. The molecule has 0 saturated heterocycles. The van der Waals surface area contributed by atoms with Crippen LogP contribution in [0.25, 0.3) is 0 Å². The second-order valence-electron chi connectivity index (χ2n) is 4.88. The van der Waals surface area contributed by atoms with Crippen LogP contribution >= 0.6 is 0 Å². The molecule has 2 aromatic rings. The average molecular weight is 335 g/mol. The number of ether oxygens (including phenoxy) is 1. The fourth-order valence-corrected chi connectivity index (χ4v) is 3.38. The molecule has 6 nitrogen and oxygen atoms in total. The molecule has 0 unspecified atom stereocenters. The predicted molar refractivity (Wildman–Crippen MR) is 87.4 cm³/mol. The molecule has 0 aliphatic rings. The van der Waals surface area contributed by atoms with E-state index in [0.29, 0.717) is 11.4 Å². The van der Waals surface area contributed by atoms with E-state index in [1.807, 2.05) is 0 Å². The van der Waals surface area contributed by atoms with Gasteiger partial charge in [-0.05, 0) is 35.9 Å². The first-order valence-corrected chi connectivity index (χ1v) is 8.38. The molecule has 0 bridgehead atoms. The van der Waals surface area contributed by atoms with Gasteiger partial charge in [0.05, 0.1) is 24.1 Å². The molecule has 0 saturated carbocycles. The van der Waals surface area contributed by atoms with Crippen molar-refractivity contribution < 1.29 is 23.1 Å². The maximum Gasteiger partial charge on any atom is 0.335 e. The van der Waals surface area contributed by atoms with Gasteiger partial charge in [0.15, 0.2) is 0 Å². The Kier molecular flexibility index (Phi) is 4.90. The third kappa shape index (κ3) is 3.81. The van der Waals surface area contributed by atoms with Crippen LogP contribution < -0.4 is 9.04 Å². The van der Waals surface area contributed by atoms with Crippen molar-refractivity contribution >= 4 is 21.7 Å². The molecule has 7 heteroatoms. The number of sulfonamides is 1. The van der Waals surface area contributed by atoms with E-state index in [9.17, 15) is 13.2 Å². The highest BCUT2D eigenvalue weighted by Crippen LogP contribution is 2.23. The maximum atomic E-state index is 12.5. The monoisotopic (exact) mass is 335 g/mol. The van der Waals surface area contributed by atoms with E-state index < -0.39 is 21.7 Å². The van der Waals surface area contributed by atoms with Crippen LogP contribution in [0.2, 0.25) is 0 Å². The Morgan fingerprint density at radius 1 is 1.13 bits per heavy atom. The summed E-state index contributed by atoms with van der Waals surface area (Å²) in [6.45, 7) is 0. The van der Waals surface area contributed by atoms with E-state index in [0.717, 1.165) is 4.31 Å². The molecule has 0 aliphatic heterocycles. The Hall–Kier alpha value is -2.54. The van der Waals surface area contributed by atoms with Crippen molar-refractivity contribution in [2.75, 3.05) is 18.5 Å². The Balaban J connectivity index is 2.29. The van der Waals surface area contributed by atoms with Crippen molar-refractivity contribution in [1.82, 2.24) is 0 Å². The van der Waals surface area contributed by atoms with E-state index in [1.54, 1.807) is 36.4 Å². The minimum Gasteiger partial charge on any atom is -0.497 e. The third-order valence-corrected chi connectivity index (χ3v) is 5.16. The fraction of sp³-hybridized carbons (Fsp3) is 0.188. The summed E-state index contributed by atoms with van der Waals surface area (Å²) in [4.78, 5) is 11.2. The number of nitrogens with zero attached hydrogens (tertiary/aromatic N) is 1. The van der Waals surface area contributed by atoms with Crippen LogP contribution in [0.15, 0.2) is 48.5 Å². The molecule has 1 N–H and O–H groups in total. The number of hydrogen-bond acceptors (Lipinski definition) is 4. The van der Waals surface area contributed by atoms with Crippen molar-refractivity contribution in [2.45, 2.75) is 5.75 Å². The van der Waals surface area contributed by atoms with Crippen molar-refractivity contribution in [3.63, 3.8) is 0 Å². The number of rotatable bonds is 6. The van der Waals surface area contributed by atoms with E-state index in [4.69, 9.17) is 9.84 Å². The molecule has 0 aliphatic carbocycles. The number of carbonyl (C=O) groups is 1. The number of benzene rings is 2. The summed E-state index contributed by atoms with van der Waals surface area (Å²) >= 11 is 0. The van der Waals surface area contributed by atoms with Gasteiger partial charge in [-0.25, -0.2) is 13.2 Å². The minimum absolute atomic E-state index is 0.0146. The summed E-state index contributed by atoms with van der Waals surface area (Å²) in [6.07, 6.45) is 0. The van der Waals surface area contributed by atoms with Crippen LogP contribution in [0.3, 0.4) is 0 Å². The second-order valence-corrected chi connectivity index (χ2v) is 6.88. The molecule has 0 radical (unpaired) electrons. The third-order valence-electron chi connectivity index (χ3n) is 3.44. The lowest BCUT2D eigenvalue weighted by Crippen LogP contribution is -2.28. The van der Waals surface area contributed by atoms with E-state index >= 15 is 0 Å². The lowest BCUT2D eigenvalue weighted by atomic mass is 10.1. The number of hydrogen-bond donors (Lipinski definition) is 1. The highest BCUT2D eigenvalue weighted by atomic mass is 32.2. The topological polar surface area (TPSA) is 83.9 Å². The molecule has 0 aromatic heterocycles. The first-order chi connectivity index (χ1) is 10.8. The van der Waals surface area contributed by atoms with Crippen LogP contribution in [-0.2, 0) is 15.8 Å². The molecule has 122 valence electrons. The first-order valence-electron chi connectivity index (χ1n) is 6.77. The summed E-state index contributed by atoms with van der Waals surface area (Å²) in [5.41, 5.74) is 0.707. The molecule has 0 spiro atoms. The quantitative estimate of drug-likeness (QED) is 0.876. The standard InChI is InChI=1S/C16H17NO5S/c1-17(13-7-9-14(22-2)10-8-13)23(20,21)11-12-5-3-4-6-15(12)16(18)19/h3-10H,11H2,1-2H3,(H,18,19). The van der Waals surface area contributed by atoms with Gasteiger partial charge >= 0.3 is 5.97 Å². The van der Waals surface area contributed by atoms with E-state index in [-0.39, 0.29) is 11.1 Å². The van der Waals surface area contributed by atoms with Gasteiger partial charge in [-0.15, -0.1) is 0 Å². The molecule has 23 heavy (non-hydrogen) atoms. The van der Waals surface area contributed by atoms with Crippen LogP contribution in [0.5, 0.6) is 5.75 Å². The molecule has 0 heterocycles. The Labute approximate surface area is 135 Å². The van der Waals surface area contributed by atoms with E-state index in [2.05, 4.69) is 0 Å². The second kappa shape index (κ2) is 6.70. The molecular formula is C16H17NO5S. The van der Waals surface area contributed by atoms with Crippen molar-refractivity contribution in [2.24, 2.45) is 0 Å². The van der Waals surface area contributed by atoms with Gasteiger partial charge < -0.3 is 9.84 Å². The summed E-state index contributed by atoms with van der Waals surface area (Å²) < 4.78 is 31.2. The van der Waals surface area contributed by atoms with Gasteiger partial charge in [-0.2, -0.15) is 0 Å². The van der Waals surface area contributed by atoms with E-state index in [1.165, 1.54) is 26.3 Å². The highest BCUT2D eigenvalue weighted by Gasteiger charge is 2.22. The smallest absolute Gasteiger partial charge is 0.335 e. The van der Waals surface area contributed by atoms with Gasteiger partial charge in [-0.3, -0.25) is 4.31 Å². The Morgan fingerprint density at radius 3 is 2.30 bits per heavy atom. The Bertz CT molecular complexity index is 799. The highest BCUT2D eigenvalue weighted by molar-refractivity contribution is 7.92. The van der Waals surface area contributed by atoms with Gasteiger partial charge in [-0.1, -0.05) is 18.2 Å². The van der Waals surface area contributed by atoms with Gasteiger partial charge in [0.25, 0.3) is 0 Å². The zero-order valence-corrected chi connectivity index (χ0v) is 13.6. The van der Waals surface area contributed by atoms with Crippen molar-refractivity contribution in [3.8, 4) is 5.75 Å². The zero-order chi connectivity index (χ0) is 17.0. The van der Waals surface area contributed by atoms with Gasteiger partial charge in [0, 0.05) is 7.05 Å². The lowest BCUT2D eigenvalue weighted by molar-refractivity contribution is 0.0696. The normalized spacial score (nSPS) is 11.0. The van der Waals surface area contributed by atoms with Gasteiger partial charge in [0.2, 0.25) is 10.0 Å². The predicted octanol–water partition coefficient (Wildman–Crippen LogP) is 2.36. The number of anilines is 1.